The second-order valence-electron chi connectivity index (χ2n) is 10.5. The number of nitrogens with zero attached hydrogens (tertiary/aromatic N) is 4. The summed E-state index contributed by atoms with van der Waals surface area (Å²) in [5.41, 5.74) is 1.85. The van der Waals surface area contributed by atoms with Crippen LogP contribution in [0, 0.1) is 10.4 Å². The van der Waals surface area contributed by atoms with Gasteiger partial charge in [-0.25, -0.2) is 0 Å². The second-order valence-corrected chi connectivity index (χ2v) is 10.5. The van der Waals surface area contributed by atoms with Crippen molar-refractivity contribution in [3.8, 4) is 0 Å². The van der Waals surface area contributed by atoms with Gasteiger partial charge in [0.2, 0.25) is 0 Å². The Labute approximate surface area is 223 Å². The second kappa shape index (κ2) is 15.9. The van der Waals surface area contributed by atoms with Crippen molar-refractivity contribution in [2.75, 3.05) is 45.8 Å². The first-order valence-corrected chi connectivity index (χ1v) is 14.2. The molecule has 0 aliphatic carbocycles. The molecule has 8 nitrogen and oxygen atoms in total. The third kappa shape index (κ3) is 9.89. The molecule has 37 heavy (non-hydrogen) atoms. The lowest BCUT2D eigenvalue weighted by Crippen LogP contribution is -2.40. The molecule has 0 atom stereocenters. The van der Waals surface area contributed by atoms with Crippen LogP contribution in [0.2, 0.25) is 6.82 Å². The van der Waals surface area contributed by atoms with Gasteiger partial charge in [-0.15, -0.1) is 0 Å². The maximum atomic E-state index is 11.7. The van der Waals surface area contributed by atoms with Crippen LogP contribution in [0.25, 0.3) is 0 Å². The van der Waals surface area contributed by atoms with Crippen molar-refractivity contribution in [2.45, 2.75) is 70.5 Å². The Morgan fingerprint density at radius 2 is 1.30 bits per heavy atom. The SMILES string of the molecule is CB(O)NCCCN1CCC(c2cccc[n+]2[O-])CC1.CCCCN1CCC(c2cccc[n+]2[O-])CC1. The van der Waals surface area contributed by atoms with Crippen molar-refractivity contribution in [1.29, 1.82) is 0 Å². The van der Waals surface area contributed by atoms with Crippen molar-refractivity contribution in [1.82, 2.24) is 15.0 Å². The number of hydrogen-bond acceptors (Lipinski definition) is 6. The van der Waals surface area contributed by atoms with Gasteiger partial charge in [0.05, 0.1) is 0 Å². The molecule has 2 aromatic rings. The predicted molar refractivity (Wildman–Crippen MR) is 149 cm³/mol. The summed E-state index contributed by atoms with van der Waals surface area (Å²) in [6, 6.07) is 11.4. The number of nitrogens with one attached hydrogen (secondary N) is 1. The molecule has 4 heterocycles. The Morgan fingerprint density at radius 1 is 0.838 bits per heavy atom. The Hall–Kier alpha value is -2.20. The molecule has 0 amide bonds. The molecule has 2 aliphatic rings. The minimum atomic E-state index is -0.425. The van der Waals surface area contributed by atoms with Crippen LogP contribution in [-0.2, 0) is 0 Å². The molecule has 2 aliphatic heterocycles. The largest absolute Gasteiger partial charge is 0.618 e. The first-order valence-electron chi connectivity index (χ1n) is 14.2. The van der Waals surface area contributed by atoms with Gasteiger partial charge in [0, 0.05) is 36.1 Å². The average Bonchev–Trinajstić information content (AvgIpc) is 2.92. The first-order chi connectivity index (χ1) is 18.0. The summed E-state index contributed by atoms with van der Waals surface area (Å²) in [5, 5.41) is 35.6. The van der Waals surface area contributed by atoms with Crippen LogP contribution < -0.4 is 14.7 Å². The quantitative estimate of drug-likeness (QED) is 0.221. The summed E-state index contributed by atoms with van der Waals surface area (Å²) in [5.74, 6) is 0.840. The lowest BCUT2D eigenvalue weighted by molar-refractivity contribution is -0.616. The molecule has 0 unspecified atom stereocenters. The Bertz CT molecular complexity index is 903. The van der Waals surface area contributed by atoms with Gasteiger partial charge < -0.3 is 30.5 Å². The van der Waals surface area contributed by atoms with E-state index in [0.717, 1.165) is 92.2 Å². The van der Waals surface area contributed by atoms with Crippen LogP contribution in [0.15, 0.2) is 48.8 Å². The van der Waals surface area contributed by atoms with Crippen molar-refractivity contribution in [3.63, 3.8) is 0 Å². The van der Waals surface area contributed by atoms with Crippen LogP contribution in [0.3, 0.4) is 0 Å². The van der Waals surface area contributed by atoms with Crippen LogP contribution in [0.1, 0.15) is 75.1 Å². The molecular weight excluding hydrogens is 465 g/mol. The summed E-state index contributed by atoms with van der Waals surface area (Å²) in [4.78, 5) is 4.97. The van der Waals surface area contributed by atoms with Gasteiger partial charge in [-0.05, 0) is 91.2 Å². The van der Waals surface area contributed by atoms with Crippen molar-refractivity contribution in [3.05, 3.63) is 70.6 Å². The molecular formula is C28H46BN5O3. The van der Waals surface area contributed by atoms with Gasteiger partial charge in [-0.1, -0.05) is 25.5 Å². The Balaban J connectivity index is 0.000000208. The number of hydrogen-bond donors (Lipinski definition) is 2. The molecule has 204 valence electrons. The zero-order valence-electron chi connectivity index (χ0n) is 22.8. The van der Waals surface area contributed by atoms with E-state index in [1.807, 2.05) is 24.3 Å². The average molecular weight is 512 g/mol. The molecule has 2 aromatic heterocycles. The number of piperidine rings is 2. The number of unbranched alkanes of at least 4 members (excludes halogenated alkanes) is 1. The smallest absolute Gasteiger partial charge is 0.373 e. The number of aromatic nitrogens is 2. The van der Waals surface area contributed by atoms with Gasteiger partial charge >= 0.3 is 7.05 Å². The van der Waals surface area contributed by atoms with Crippen molar-refractivity contribution < 1.29 is 14.5 Å². The van der Waals surface area contributed by atoms with Gasteiger partial charge in [-0.3, -0.25) is 0 Å². The predicted octanol–water partition coefficient (Wildman–Crippen LogP) is 2.89. The van der Waals surface area contributed by atoms with E-state index in [1.165, 1.54) is 19.4 Å². The highest BCUT2D eigenvalue weighted by molar-refractivity contribution is 6.45. The third-order valence-electron chi connectivity index (χ3n) is 7.64. The summed E-state index contributed by atoms with van der Waals surface area (Å²) >= 11 is 0. The van der Waals surface area contributed by atoms with E-state index in [9.17, 15) is 10.4 Å². The Morgan fingerprint density at radius 3 is 1.70 bits per heavy atom. The highest BCUT2D eigenvalue weighted by Gasteiger charge is 2.26. The van der Waals surface area contributed by atoms with Gasteiger partial charge in [0.15, 0.2) is 23.8 Å². The normalized spacial score (nSPS) is 17.8. The lowest BCUT2D eigenvalue weighted by atomic mass is 9.89. The molecule has 2 fully saturated rings. The fourth-order valence-electron chi connectivity index (χ4n) is 5.42. The molecule has 0 radical (unpaired) electrons. The minimum absolute atomic E-state index is 0.389. The molecule has 0 spiro atoms. The van der Waals surface area contributed by atoms with Crippen LogP contribution in [0.5, 0.6) is 0 Å². The summed E-state index contributed by atoms with van der Waals surface area (Å²) < 4.78 is 2.04. The topological polar surface area (TPSA) is 92.6 Å². The van der Waals surface area contributed by atoms with E-state index in [1.54, 1.807) is 31.3 Å². The zero-order valence-corrected chi connectivity index (χ0v) is 22.8. The van der Waals surface area contributed by atoms with E-state index in [4.69, 9.17) is 5.02 Å². The summed E-state index contributed by atoms with van der Waals surface area (Å²) in [7, 11) is -0.425. The van der Waals surface area contributed by atoms with E-state index in [2.05, 4.69) is 22.0 Å². The first kappa shape index (κ1) is 29.4. The highest BCUT2D eigenvalue weighted by atomic mass is 16.5. The minimum Gasteiger partial charge on any atom is -0.618 e. The summed E-state index contributed by atoms with van der Waals surface area (Å²) in [6.07, 6.45) is 11.1. The van der Waals surface area contributed by atoms with E-state index in [-0.39, 0.29) is 0 Å². The van der Waals surface area contributed by atoms with Crippen molar-refractivity contribution >= 4 is 7.05 Å². The third-order valence-corrected chi connectivity index (χ3v) is 7.64. The maximum absolute atomic E-state index is 11.7. The monoisotopic (exact) mass is 511 g/mol. The molecule has 0 saturated carbocycles. The molecule has 4 rings (SSSR count). The number of likely N-dealkylation sites (tertiary alicyclic amines) is 2. The summed E-state index contributed by atoms with van der Waals surface area (Å²) in [6.45, 7) is 11.5. The molecule has 0 aromatic carbocycles. The van der Waals surface area contributed by atoms with Gasteiger partial charge in [0.25, 0.3) is 0 Å². The lowest BCUT2D eigenvalue weighted by Gasteiger charge is -2.31. The fourth-order valence-corrected chi connectivity index (χ4v) is 5.42. The fraction of sp³-hybridized carbons (Fsp3) is 0.643. The van der Waals surface area contributed by atoms with Crippen LogP contribution in [0.4, 0.5) is 0 Å². The molecule has 9 heteroatoms. The van der Waals surface area contributed by atoms with Crippen molar-refractivity contribution in [2.24, 2.45) is 0 Å². The van der Waals surface area contributed by atoms with E-state index < -0.39 is 7.05 Å². The zero-order chi connectivity index (χ0) is 26.5. The van der Waals surface area contributed by atoms with E-state index >= 15 is 0 Å². The van der Waals surface area contributed by atoms with Crippen LogP contribution >= 0.6 is 0 Å². The van der Waals surface area contributed by atoms with E-state index in [0.29, 0.717) is 11.8 Å². The number of rotatable bonds is 10. The Kier molecular flexibility index (Phi) is 12.6. The molecule has 0 bridgehead atoms. The van der Waals surface area contributed by atoms with Gasteiger partial charge in [-0.2, -0.15) is 9.46 Å². The standard InChI is InChI=1S/C14H24BN3O2.C14H22N2O/c1-15(19)16-8-4-9-17-11-6-13(7-12-17)14-5-2-3-10-18(14)20;1-2-3-9-15-11-7-13(8-12-15)14-6-4-5-10-16(14)17/h2-3,5,10,13,16,19H,4,6-9,11-12H2,1H3;4-6,10,13H,2-3,7-9,11-12H2,1H3. The highest BCUT2D eigenvalue weighted by Crippen LogP contribution is 2.26. The van der Waals surface area contributed by atoms with Crippen LogP contribution in [-0.4, -0.2) is 67.7 Å². The van der Waals surface area contributed by atoms with Gasteiger partial charge in [0.1, 0.15) is 0 Å². The maximum Gasteiger partial charge on any atom is 0.373 e. The molecule has 2 saturated heterocycles. The number of pyridine rings is 2. The molecule has 2 N–H and O–H groups in total.